The fraction of sp³-hybridized carbons (Fsp3) is 0.240. The molecule has 178 valence electrons. The second-order valence-corrected chi connectivity index (χ2v) is 9.88. The third-order valence-electron chi connectivity index (χ3n) is 4.71. The molecule has 1 heterocycles. The van der Waals surface area contributed by atoms with Crippen LogP contribution in [0.3, 0.4) is 0 Å². The average Bonchev–Trinajstić information content (AvgIpc) is 3.23. The number of carbonyl (C=O) groups excluding carboxylic acids is 3. The minimum atomic E-state index is -1.12. The summed E-state index contributed by atoms with van der Waals surface area (Å²) in [5.41, 5.74) is 2.12. The lowest BCUT2D eigenvalue weighted by molar-refractivity contribution is -0.123. The summed E-state index contributed by atoms with van der Waals surface area (Å²) in [5, 5.41) is 3.01. The number of amides is 1. The van der Waals surface area contributed by atoms with Crippen LogP contribution in [-0.4, -0.2) is 41.0 Å². The Hall–Kier alpha value is -3.30. The zero-order chi connectivity index (χ0) is 24.7. The van der Waals surface area contributed by atoms with Gasteiger partial charge in [0.05, 0.1) is 17.7 Å². The van der Waals surface area contributed by atoms with Crippen LogP contribution in [0.5, 0.6) is 0 Å². The normalized spacial score (nSPS) is 12.4. The third-order valence-corrected chi connectivity index (χ3v) is 6.55. The molecule has 1 amide bonds. The van der Waals surface area contributed by atoms with E-state index in [-0.39, 0.29) is 17.7 Å². The Morgan fingerprint density at radius 1 is 1.03 bits per heavy atom. The van der Waals surface area contributed by atoms with Crippen LogP contribution in [0.1, 0.15) is 40.1 Å². The molecule has 3 rings (SSSR count). The fourth-order valence-corrected chi connectivity index (χ4v) is 4.81. The van der Waals surface area contributed by atoms with Crippen molar-refractivity contribution in [2.24, 2.45) is 0 Å². The molecule has 2 unspecified atom stereocenters. The molecule has 34 heavy (non-hydrogen) atoms. The number of ether oxygens (including phenoxy) is 2. The Morgan fingerprint density at radius 2 is 1.76 bits per heavy atom. The monoisotopic (exact) mass is 499 g/mol. The average molecular weight is 500 g/mol. The van der Waals surface area contributed by atoms with Crippen LogP contribution in [0, 0.1) is 0 Å². The molecule has 7 nitrogen and oxygen atoms in total. The van der Waals surface area contributed by atoms with Gasteiger partial charge in [-0.2, -0.15) is 0 Å². The molecule has 0 radical (unpaired) electrons. The summed E-state index contributed by atoms with van der Waals surface area (Å²) in [6, 6.07) is 17.7. The Kier molecular flexibility index (Phi) is 8.72. The molecule has 0 saturated heterocycles. The smallest absolute Gasteiger partial charge is 0.341 e. The van der Waals surface area contributed by atoms with E-state index in [0.717, 1.165) is 16.0 Å². The topological polar surface area (TPSA) is 98.8 Å². The lowest BCUT2D eigenvalue weighted by atomic mass is 10.1. The molecule has 0 saturated carbocycles. The number of anilines is 1. The molecule has 3 aromatic rings. The second-order valence-electron chi connectivity index (χ2n) is 7.39. The maximum atomic E-state index is 12.8. The summed E-state index contributed by atoms with van der Waals surface area (Å²) < 4.78 is 21.9. The van der Waals surface area contributed by atoms with Gasteiger partial charge < -0.3 is 14.8 Å². The second kappa shape index (κ2) is 11.7. The minimum Gasteiger partial charge on any atom is -0.462 e. The van der Waals surface area contributed by atoms with Gasteiger partial charge in [0, 0.05) is 27.7 Å². The number of rotatable bonds is 9. The number of carbonyl (C=O) groups is 3. The van der Waals surface area contributed by atoms with Crippen molar-refractivity contribution in [3.63, 3.8) is 0 Å². The lowest BCUT2D eigenvalue weighted by Gasteiger charge is -2.14. The summed E-state index contributed by atoms with van der Waals surface area (Å²) in [6.07, 6.45) is 0.462. The molecule has 0 fully saturated rings. The molecule has 0 spiro atoms. The molecule has 0 aliphatic carbocycles. The fourth-order valence-electron chi connectivity index (χ4n) is 3.11. The highest BCUT2D eigenvalue weighted by Crippen LogP contribution is 2.36. The molecule has 2 atom stereocenters. The van der Waals surface area contributed by atoms with Crippen molar-refractivity contribution in [2.45, 2.75) is 25.7 Å². The minimum absolute atomic E-state index is 0.196. The van der Waals surface area contributed by atoms with Gasteiger partial charge in [0.25, 0.3) is 5.91 Å². The number of nitrogens with one attached hydrogen (secondary N) is 1. The first-order valence-corrected chi connectivity index (χ1v) is 13.1. The van der Waals surface area contributed by atoms with Crippen LogP contribution < -0.4 is 5.32 Å². The van der Waals surface area contributed by atoms with Crippen molar-refractivity contribution < 1.29 is 28.1 Å². The SMILES string of the molecule is CCOC(=O)c1cc(-c2ccccc2)sc1NC(=O)C(C)OC(=O)c1cccc(CS(C)=O)c1. The van der Waals surface area contributed by atoms with Crippen LogP contribution >= 0.6 is 11.3 Å². The van der Waals surface area contributed by atoms with Gasteiger partial charge in [-0.1, -0.05) is 42.5 Å². The predicted octanol–water partition coefficient (Wildman–Crippen LogP) is 4.65. The van der Waals surface area contributed by atoms with Gasteiger partial charge in [-0.15, -0.1) is 11.3 Å². The Morgan fingerprint density at radius 3 is 2.44 bits per heavy atom. The Labute approximate surface area is 204 Å². The summed E-state index contributed by atoms with van der Waals surface area (Å²) in [4.78, 5) is 38.6. The van der Waals surface area contributed by atoms with E-state index in [1.807, 2.05) is 30.3 Å². The van der Waals surface area contributed by atoms with Gasteiger partial charge >= 0.3 is 11.9 Å². The highest BCUT2D eigenvalue weighted by atomic mass is 32.2. The van der Waals surface area contributed by atoms with Crippen molar-refractivity contribution >= 4 is 45.0 Å². The molecule has 0 aliphatic rings. The first kappa shape index (κ1) is 25.3. The van der Waals surface area contributed by atoms with Crippen LogP contribution in [0.25, 0.3) is 10.4 Å². The third kappa shape index (κ3) is 6.61. The number of hydrogen-bond acceptors (Lipinski definition) is 7. The molecule has 1 N–H and O–H groups in total. The molecular weight excluding hydrogens is 474 g/mol. The molecule has 0 bridgehead atoms. The first-order chi connectivity index (χ1) is 16.3. The molecule has 1 aromatic heterocycles. The van der Waals surface area contributed by atoms with Crippen molar-refractivity contribution in [1.29, 1.82) is 0 Å². The Bertz CT molecular complexity index is 1210. The number of hydrogen-bond donors (Lipinski definition) is 1. The molecule has 9 heteroatoms. The van der Waals surface area contributed by atoms with Gasteiger partial charge in [-0.05, 0) is 43.2 Å². The standard InChI is InChI=1S/C25H25NO6S2/c1-4-31-25(29)20-14-21(18-10-6-5-7-11-18)33-23(20)26-22(27)16(2)32-24(28)19-12-8-9-17(13-19)15-34(3)30/h5-14,16H,4,15H2,1-3H3,(H,26,27). The highest BCUT2D eigenvalue weighted by molar-refractivity contribution is 7.83. The summed E-state index contributed by atoms with van der Waals surface area (Å²) >= 11 is 1.23. The van der Waals surface area contributed by atoms with E-state index in [0.29, 0.717) is 10.8 Å². The largest absolute Gasteiger partial charge is 0.462 e. The summed E-state index contributed by atoms with van der Waals surface area (Å²) in [5.74, 6) is -1.49. The molecule has 2 aromatic carbocycles. The Balaban J connectivity index is 1.75. The van der Waals surface area contributed by atoms with Gasteiger partial charge in [0.1, 0.15) is 5.00 Å². The van der Waals surface area contributed by atoms with Crippen molar-refractivity contribution in [1.82, 2.24) is 0 Å². The summed E-state index contributed by atoms with van der Waals surface area (Å²) in [7, 11) is -1.05. The van der Waals surface area contributed by atoms with Crippen LogP contribution in [0.2, 0.25) is 0 Å². The van der Waals surface area contributed by atoms with E-state index in [1.54, 1.807) is 43.5 Å². The van der Waals surface area contributed by atoms with Gasteiger partial charge in [-0.25, -0.2) is 9.59 Å². The van der Waals surface area contributed by atoms with E-state index in [9.17, 15) is 18.6 Å². The van der Waals surface area contributed by atoms with Crippen LogP contribution in [-0.2, 0) is 30.8 Å². The number of esters is 2. The van der Waals surface area contributed by atoms with Gasteiger partial charge in [-0.3, -0.25) is 9.00 Å². The van der Waals surface area contributed by atoms with Crippen LogP contribution in [0.15, 0.2) is 60.7 Å². The maximum absolute atomic E-state index is 12.8. The quantitative estimate of drug-likeness (QED) is 0.430. The number of benzene rings is 2. The molecular formula is C25H25NO6S2. The van der Waals surface area contributed by atoms with Crippen molar-refractivity contribution in [3.8, 4) is 10.4 Å². The van der Waals surface area contributed by atoms with E-state index in [4.69, 9.17) is 9.47 Å². The van der Waals surface area contributed by atoms with Gasteiger partial charge in [0.2, 0.25) is 0 Å². The molecule has 0 aliphatic heterocycles. The zero-order valence-electron chi connectivity index (χ0n) is 19.0. The van der Waals surface area contributed by atoms with Crippen molar-refractivity contribution in [2.75, 3.05) is 18.2 Å². The van der Waals surface area contributed by atoms with E-state index in [2.05, 4.69) is 5.32 Å². The van der Waals surface area contributed by atoms with Crippen LogP contribution in [0.4, 0.5) is 5.00 Å². The van der Waals surface area contributed by atoms with Crippen molar-refractivity contribution in [3.05, 3.63) is 77.4 Å². The van der Waals surface area contributed by atoms with E-state index >= 15 is 0 Å². The lowest BCUT2D eigenvalue weighted by Crippen LogP contribution is -2.30. The van der Waals surface area contributed by atoms with Gasteiger partial charge in [0.15, 0.2) is 6.10 Å². The van der Waals surface area contributed by atoms with E-state index < -0.39 is 34.7 Å². The predicted molar refractivity (Wildman–Crippen MR) is 133 cm³/mol. The zero-order valence-corrected chi connectivity index (χ0v) is 20.7. The van der Waals surface area contributed by atoms with E-state index in [1.165, 1.54) is 18.3 Å². The first-order valence-electron chi connectivity index (χ1n) is 10.6. The summed E-state index contributed by atoms with van der Waals surface area (Å²) in [6.45, 7) is 3.35. The number of thiophene rings is 1. The maximum Gasteiger partial charge on any atom is 0.341 e. The highest BCUT2D eigenvalue weighted by Gasteiger charge is 2.24.